The third-order valence-electron chi connectivity index (χ3n) is 3.19. The van der Waals surface area contributed by atoms with Gasteiger partial charge in [0.05, 0.1) is 11.5 Å². The lowest BCUT2D eigenvalue weighted by Crippen LogP contribution is -2.37. The average molecular weight is 289 g/mol. The lowest BCUT2D eigenvalue weighted by molar-refractivity contribution is 0.0746. The fourth-order valence-electron chi connectivity index (χ4n) is 2.13. The Morgan fingerprint density at radius 3 is 2.32 bits per heavy atom. The molecule has 1 aliphatic rings. The van der Waals surface area contributed by atoms with Crippen molar-refractivity contribution in [3.05, 3.63) is 35.4 Å². The highest BCUT2D eigenvalue weighted by Gasteiger charge is 2.33. The van der Waals surface area contributed by atoms with Crippen LogP contribution in [0.4, 0.5) is 8.78 Å². The van der Waals surface area contributed by atoms with Crippen LogP contribution in [0, 0.1) is 11.6 Å². The van der Waals surface area contributed by atoms with Crippen LogP contribution < -0.4 is 0 Å². The van der Waals surface area contributed by atoms with E-state index in [1.807, 2.05) is 0 Å². The number of rotatable bonds is 2. The maximum Gasteiger partial charge on any atom is 0.254 e. The minimum absolute atomic E-state index is 0.0345. The lowest BCUT2D eigenvalue weighted by Gasteiger charge is -2.23. The number of hydrogen-bond donors (Lipinski definition) is 0. The number of nitrogens with zero attached hydrogens (tertiary/aromatic N) is 1. The van der Waals surface area contributed by atoms with E-state index in [2.05, 4.69) is 0 Å². The quantitative estimate of drug-likeness (QED) is 0.822. The summed E-state index contributed by atoms with van der Waals surface area (Å²) in [4.78, 5) is 13.3. The molecule has 0 aliphatic carbocycles. The van der Waals surface area contributed by atoms with Crippen molar-refractivity contribution < 1.29 is 22.0 Å². The molecule has 4 nitrogen and oxygen atoms in total. The number of benzene rings is 1. The Morgan fingerprint density at radius 2 is 1.84 bits per heavy atom. The summed E-state index contributed by atoms with van der Waals surface area (Å²) in [6, 6.07) is 2.11. The number of halogens is 2. The zero-order chi connectivity index (χ0) is 14.2. The molecular weight excluding hydrogens is 276 g/mol. The third kappa shape index (κ3) is 3.09. The molecule has 1 aliphatic heterocycles. The molecule has 7 heteroatoms. The van der Waals surface area contributed by atoms with Crippen LogP contribution in [0.15, 0.2) is 18.2 Å². The zero-order valence-corrected chi connectivity index (χ0v) is 11.1. The van der Waals surface area contributed by atoms with Gasteiger partial charge in [0.25, 0.3) is 5.91 Å². The molecule has 0 radical (unpaired) electrons. The fraction of sp³-hybridized carbons (Fsp3) is 0.417. The van der Waals surface area contributed by atoms with Gasteiger partial charge in [-0.15, -0.1) is 0 Å². The molecule has 19 heavy (non-hydrogen) atoms. The Kier molecular flexibility index (Phi) is 3.58. The smallest absolute Gasteiger partial charge is 0.254 e. The summed E-state index contributed by atoms with van der Waals surface area (Å²) in [5.41, 5.74) is -0.121. The number of sulfone groups is 1. The van der Waals surface area contributed by atoms with Crippen LogP contribution in [0.25, 0.3) is 0 Å². The first-order valence-electron chi connectivity index (χ1n) is 5.72. The maximum absolute atomic E-state index is 13.0. The molecule has 0 saturated carbocycles. The standard InChI is InChI=1S/C12H13F2NO3S/c1-15(11-2-3-19(17,18)7-11)12(16)8-4-9(13)6-10(14)5-8/h4-6,11H,2-3,7H2,1H3/t11-/m0/s1. The first-order chi connectivity index (χ1) is 8.78. The van der Waals surface area contributed by atoms with Crippen molar-refractivity contribution in [1.82, 2.24) is 4.90 Å². The van der Waals surface area contributed by atoms with E-state index in [-0.39, 0.29) is 17.1 Å². The van der Waals surface area contributed by atoms with Crippen molar-refractivity contribution in [3.63, 3.8) is 0 Å². The van der Waals surface area contributed by atoms with Gasteiger partial charge in [0, 0.05) is 24.7 Å². The zero-order valence-electron chi connectivity index (χ0n) is 10.3. The summed E-state index contributed by atoms with van der Waals surface area (Å²) in [6.45, 7) is 0. The summed E-state index contributed by atoms with van der Waals surface area (Å²) in [7, 11) is -1.67. The van der Waals surface area contributed by atoms with Crippen LogP contribution >= 0.6 is 0 Å². The van der Waals surface area contributed by atoms with Gasteiger partial charge >= 0.3 is 0 Å². The Bertz CT molecular complexity index is 595. The molecule has 0 bridgehead atoms. The Balaban J connectivity index is 2.20. The normalized spacial score (nSPS) is 21.3. The van der Waals surface area contributed by atoms with Gasteiger partial charge in [-0.25, -0.2) is 17.2 Å². The Labute approximate surface area is 109 Å². The van der Waals surface area contributed by atoms with E-state index in [4.69, 9.17) is 0 Å². The molecule has 1 atom stereocenters. The number of carbonyl (C=O) groups excluding carboxylic acids is 1. The van der Waals surface area contributed by atoms with E-state index in [9.17, 15) is 22.0 Å². The van der Waals surface area contributed by atoms with Gasteiger partial charge in [-0.05, 0) is 18.6 Å². The van der Waals surface area contributed by atoms with E-state index < -0.39 is 33.4 Å². The molecule has 1 fully saturated rings. The highest BCUT2D eigenvalue weighted by atomic mass is 32.2. The molecule has 0 N–H and O–H groups in total. The maximum atomic E-state index is 13.0. The minimum atomic E-state index is -3.11. The van der Waals surface area contributed by atoms with Crippen molar-refractivity contribution in [3.8, 4) is 0 Å². The van der Waals surface area contributed by atoms with Gasteiger partial charge in [-0.3, -0.25) is 4.79 Å². The Morgan fingerprint density at radius 1 is 1.26 bits per heavy atom. The molecule has 1 saturated heterocycles. The topological polar surface area (TPSA) is 54.5 Å². The summed E-state index contributed by atoms with van der Waals surface area (Å²) in [5.74, 6) is -2.33. The van der Waals surface area contributed by atoms with Crippen LogP contribution in [0.1, 0.15) is 16.8 Å². The van der Waals surface area contributed by atoms with Gasteiger partial charge < -0.3 is 4.90 Å². The second-order valence-electron chi connectivity index (χ2n) is 4.63. The molecule has 1 amide bonds. The summed E-state index contributed by atoms with van der Waals surface area (Å²) < 4.78 is 48.8. The minimum Gasteiger partial charge on any atom is -0.338 e. The number of carbonyl (C=O) groups is 1. The van der Waals surface area contributed by atoms with Crippen molar-refractivity contribution >= 4 is 15.7 Å². The van der Waals surface area contributed by atoms with E-state index in [0.717, 1.165) is 12.1 Å². The molecule has 1 heterocycles. The predicted octanol–water partition coefficient (Wildman–Crippen LogP) is 1.22. The molecule has 0 aromatic heterocycles. The molecule has 1 aromatic carbocycles. The third-order valence-corrected chi connectivity index (χ3v) is 4.94. The van der Waals surface area contributed by atoms with Crippen LogP contribution in [0.5, 0.6) is 0 Å². The van der Waals surface area contributed by atoms with Gasteiger partial charge in [0.15, 0.2) is 9.84 Å². The first-order valence-corrected chi connectivity index (χ1v) is 7.54. The van der Waals surface area contributed by atoms with E-state index in [1.54, 1.807) is 0 Å². The second kappa shape index (κ2) is 4.88. The average Bonchev–Trinajstić information content (AvgIpc) is 2.66. The van der Waals surface area contributed by atoms with Crippen molar-refractivity contribution in [2.75, 3.05) is 18.6 Å². The fourth-order valence-corrected chi connectivity index (χ4v) is 3.90. The molecular formula is C12H13F2NO3S. The summed E-state index contributed by atoms with van der Waals surface area (Å²) >= 11 is 0. The Hall–Kier alpha value is -1.50. The monoisotopic (exact) mass is 289 g/mol. The summed E-state index contributed by atoms with van der Waals surface area (Å²) in [5, 5.41) is 0. The molecule has 2 rings (SSSR count). The van der Waals surface area contributed by atoms with Crippen LogP contribution in [-0.4, -0.2) is 43.8 Å². The lowest BCUT2D eigenvalue weighted by atomic mass is 10.1. The van der Waals surface area contributed by atoms with Crippen LogP contribution in [0.3, 0.4) is 0 Å². The van der Waals surface area contributed by atoms with Gasteiger partial charge in [-0.2, -0.15) is 0 Å². The second-order valence-corrected chi connectivity index (χ2v) is 6.86. The predicted molar refractivity (Wildman–Crippen MR) is 65.5 cm³/mol. The van der Waals surface area contributed by atoms with Crippen LogP contribution in [-0.2, 0) is 9.84 Å². The van der Waals surface area contributed by atoms with Crippen molar-refractivity contribution in [2.45, 2.75) is 12.5 Å². The molecule has 1 aromatic rings. The molecule has 0 spiro atoms. The SMILES string of the molecule is CN(C(=O)c1cc(F)cc(F)c1)[C@H]1CCS(=O)(=O)C1. The van der Waals surface area contributed by atoms with E-state index >= 15 is 0 Å². The number of amides is 1. The van der Waals surface area contributed by atoms with Gasteiger partial charge in [0.2, 0.25) is 0 Å². The molecule has 0 unspecified atom stereocenters. The van der Waals surface area contributed by atoms with E-state index in [1.165, 1.54) is 11.9 Å². The van der Waals surface area contributed by atoms with Gasteiger partial charge in [0.1, 0.15) is 11.6 Å². The molecule has 104 valence electrons. The highest BCUT2D eigenvalue weighted by molar-refractivity contribution is 7.91. The van der Waals surface area contributed by atoms with Gasteiger partial charge in [-0.1, -0.05) is 0 Å². The first kappa shape index (κ1) is 13.9. The highest BCUT2D eigenvalue weighted by Crippen LogP contribution is 2.19. The number of hydrogen-bond acceptors (Lipinski definition) is 3. The van der Waals surface area contributed by atoms with Crippen molar-refractivity contribution in [1.29, 1.82) is 0 Å². The van der Waals surface area contributed by atoms with E-state index in [0.29, 0.717) is 12.5 Å². The van der Waals surface area contributed by atoms with Crippen molar-refractivity contribution in [2.24, 2.45) is 0 Å². The summed E-state index contributed by atoms with van der Waals surface area (Å²) in [6.07, 6.45) is 0.350. The largest absolute Gasteiger partial charge is 0.338 e. The van der Waals surface area contributed by atoms with Crippen LogP contribution in [0.2, 0.25) is 0 Å².